The largest absolute Gasteiger partial charge is 0.480 e. The van der Waals surface area contributed by atoms with Crippen molar-refractivity contribution in [2.24, 2.45) is 0 Å². The average molecular weight is 363 g/mol. The van der Waals surface area contributed by atoms with Gasteiger partial charge in [0.1, 0.15) is 17.6 Å². The molecule has 0 unspecified atom stereocenters. The van der Waals surface area contributed by atoms with Crippen molar-refractivity contribution in [1.82, 2.24) is 4.90 Å². The van der Waals surface area contributed by atoms with E-state index in [1.807, 2.05) is 24.3 Å². The molecule has 1 aromatic carbocycles. The second-order valence-corrected chi connectivity index (χ2v) is 8.24. The first-order valence-electron chi connectivity index (χ1n) is 7.61. The molecule has 1 aliphatic rings. The van der Waals surface area contributed by atoms with Crippen molar-refractivity contribution in [3.8, 4) is 0 Å². The van der Waals surface area contributed by atoms with Gasteiger partial charge in [0, 0.05) is 19.2 Å². The van der Waals surface area contributed by atoms with Crippen LogP contribution in [0.25, 0.3) is 0 Å². The number of sulfone groups is 1. The summed E-state index contributed by atoms with van der Waals surface area (Å²) in [5.74, 6) is -1.89. The summed E-state index contributed by atoms with van der Waals surface area (Å²) in [5.41, 5.74) is 1.78. The van der Waals surface area contributed by atoms with Gasteiger partial charge in [-0.3, -0.25) is 4.79 Å². The van der Waals surface area contributed by atoms with E-state index in [1.165, 1.54) is 17.0 Å². The molecule has 0 spiro atoms. The van der Waals surface area contributed by atoms with Gasteiger partial charge in [-0.15, -0.1) is 0 Å². The maximum atomic E-state index is 12.7. The standard InChI is InChI=1S/C17H17NO6S/c1-25(22,23)10-13-6-7-15(24-13)16(19)18-9-12-5-3-2-4-11(12)8-14(18)17(20)21/h2-7,14H,8-10H2,1H3,(H,20,21)/t14-/m1/s1. The number of nitrogens with zero attached hydrogens (tertiary/aromatic N) is 1. The molecule has 0 radical (unpaired) electrons. The van der Waals surface area contributed by atoms with Gasteiger partial charge in [0.2, 0.25) is 0 Å². The molecule has 1 aromatic heterocycles. The Balaban J connectivity index is 1.89. The molecule has 1 N–H and O–H groups in total. The number of benzene rings is 1. The lowest BCUT2D eigenvalue weighted by Gasteiger charge is -2.33. The van der Waals surface area contributed by atoms with Crippen LogP contribution in [0.1, 0.15) is 27.4 Å². The van der Waals surface area contributed by atoms with Crippen LogP contribution in [0.4, 0.5) is 0 Å². The highest BCUT2D eigenvalue weighted by molar-refractivity contribution is 7.89. The summed E-state index contributed by atoms with van der Waals surface area (Å²) in [7, 11) is -3.29. The summed E-state index contributed by atoms with van der Waals surface area (Å²) >= 11 is 0. The van der Waals surface area contributed by atoms with Crippen LogP contribution in [-0.2, 0) is 33.4 Å². The zero-order valence-corrected chi connectivity index (χ0v) is 14.3. The highest BCUT2D eigenvalue weighted by Gasteiger charge is 2.36. The molecule has 7 nitrogen and oxygen atoms in total. The number of hydrogen-bond acceptors (Lipinski definition) is 5. The zero-order valence-electron chi connectivity index (χ0n) is 13.5. The van der Waals surface area contributed by atoms with Crippen molar-refractivity contribution in [3.63, 3.8) is 0 Å². The van der Waals surface area contributed by atoms with Crippen LogP contribution in [0.5, 0.6) is 0 Å². The predicted octanol–water partition coefficient (Wildman–Crippen LogP) is 1.48. The van der Waals surface area contributed by atoms with Gasteiger partial charge in [0.25, 0.3) is 5.91 Å². The van der Waals surface area contributed by atoms with Gasteiger partial charge in [0.05, 0.1) is 0 Å². The van der Waals surface area contributed by atoms with E-state index in [2.05, 4.69) is 0 Å². The Hall–Kier alpha value is -2.61. The number of hydrogen-bond donors (Lipinski definition) is 1. The van der Waals surface area contributed by atoms with E-state index in [0.29, 0.717) is 0 Å². The van der Waals surface area contributed by atoms with Crippen molar-refractivity contribution < 1.29 is 27.5 Å². The fourth-order valence-electron chi connectivity index (χ4n) is 2.93. The van der Waals surface area contributed by atoms with Gasteiger partial charge in [0.15, 0.2) is 15.6 Å². The summed E-state index contributed by atoms with van der Waals surface area (Å²) < 4.78 is 28.0. The molecule has 132 valence electrons. The maximum absolute atomic E-state index is 12.7. The van der Waals surface area contributed by atoms with E-state index in [1.54, 1.807) is 0 Å². The van der Waals surface area contributed by atoms with E-state index >= 15 is 0 Å². The van der Waals surface area contributed by atoms with E-state index in [9.17, 15) is 23.1 Å². The second kappa shape index (κ2) is 6.36. The van der Waals surface area contributed by atoms with Crippen molar-refractivity contribution in [3.05, 3.63) is 59.0 Å². The molecule has 8 heteroatoms. The van der Waals surface area contributed by atoms with Gasteiger partial charge in [-0.25, -0.2) is 13.2 Å². The summed E-state index contributed by atoms with van der Waals surface area (Å²) in [6.07, 6.45) is 1.28. The lowest BCUT2D eigenvalue weighted by molar-refractivity contribution is -0.142. The molecule has 2 heterocycles. The average Bonchev–Trinajstić information content (AvgIpc) is 2.99. The SMILES string of the molecule is CS(=O)(=O)Cc1ccc(C(=O)N2Cc3ccccc3C[C@@H]2C(=O)O)o1. The molecule has 2 aromatic rings. The fraction of sp³-hybridized carbons (Fsp3) is 0.294. The molecule has 1 amide bonds. The van der Waals surface area contributed by atoms with Crippen LogP contribution in [0.2, 0.25) is 0 Å². The third-order valence-electron chi connectivity index (χ3n) is 4.07. The molecular weight excluding hydrogens is 346 g/mol. The molecule has 3 rings (SSSR count). The molecule has 1 aliphatic heterocycles. The lowest BCUT2D eigenvalue weighted by atomic mass is 9.94. The number of carboxylic acids is 1. The first-order valence-corrected chi connectivity index (χ1v) is 9.67. The fourth-order valence-corrected chi connectivity index (χ4v) is 3.60. The predicted molar refractivity (Wildman–Crippen MR) is 88.7 cm³/mol. The first kappa shape index (κ1) is 17.2. The van der Waals surface area contributed by atoms with Gasteiger partial charge in [-0.05, 0) is 23.3 Å². The Kier molecular flexibility index (Phi) is 4.38. The minimum absolute atomic E-state index is 0.0655. The molecule has 0 fully saturated rings. The minimum atomic E-state index is -3.29. The Morgan fingerprint density at radius 3 is 2.52 bits per heavy atom. The lowest BCUT2D eigenvalue weighted by Crippen LogP contribution is -2.48. The van der Waals surface area contributed by atoms with E-state index in [4.69, 9.17) is 4.42 Å². The molecular formula is C17H17NO6S. The number of furan rings is 1. The molecule has 25 heavy (non-hydrogen) atoms. The molecule has 1 atom stereocenters. The van der Waals surface area contributed by atoms with Crippen LogP contribution < -0.4 is 0 Å². The van der Waals surface area contributed by atoms with E-state index in [0.717, 1.165) is 17.4 Å². The highest BCUT2D eigenvalue weighted by Crippen LogP contribution is 2.26. The summed E-state index contributed by atoms with van der Waals surface area (Å²) in [6, 6.07) is 9.17. The van der Waals surface area contributed by atoms with Crippen LogP contribution in [-0.4, -0.2) is 42.6 Å². The maximum Gasteiger partial charge on any atom is 0.326 e. The quantitative estimate of drug-likeness (QED) is 0.882. The van der Waals surface area contributed by atoms with Gasteiger partial charge < -0.3 is 14.4 Å². The summed E-state index contributed by atoms with van der Waals surface area (Å²) in [6.45, 7) is 0.161. The zero-order chi connectivity index (χ0) is 18.2. The third-order valence-corrected chi connectivity index (χ3v) is 4.88. The van der Waals surface area contributed by atoms with E-state index < -0.39 is 27.8 Å². The van der Waals surface area contributed by atoms with Crippen molar-refractivity contribution >= 4 is 21.7 Å². The van der Waals surface area contributed by atoms with Gasteiger partial charge in [-0.1, -0.05) is 24.3 Å². The minimum Gasteiger partial charge on any atom is -0.480 e. The number of amides is 1. The van der Waals surface area contributed by atoms with Crippen molar-refractivity contribution in [2.75, 3.05) is 6.26 Å². The number of carboxylic acid groups (broad SMARTS) is 1. The molecule has 0 saturated carbocycles. The highest BCUT2D eigenvalue weighted by atomic mass is 32.2. The number of fused-ring (bicyclic) bond motifs is 1. The summed E-state index contributed by atoms with van der Waals surface area (Å²) in [4.78, 5) is 25.6. The topological polar surface area (TPSA) is 105 Å². The van der Waals surface area contributed by atoms with Crippen molar-refractivity contribution in [2.45, 2.75) is 24.8 Å². The first-order chi connectivity index (χ1) is 11.7. The van der Waals surface area contributed by atoms with Crippen LogP contribution >= 0.6 is 0 Å². The monoisotopic (exact) mass is 363 g/mol. The van der Waals surface area contributed by atoms with Crippen molar-refractivity contribution in [1.29, 1.82) is 0 Å². The third kappa shape index (κ3) is 3.74. The van der Waals surface area contributed by atoms with Crippen LogP contribution in [0, 0.1) is 0 Å². The van der Waals surface area contributed by atoms with Crippen LogP contribution in [0.3, 0.4) is 0 Å². The summed E-state index contributed by atoms with van der Waals surface area (Å²) in [5, 5.41) is 9.48. The van der Waals surface area contributed by atoms with Crippen LogP contribution in [0.15, 0.2) is 40.8 Å². The number of rotatable bonds is 4. The van der Waals surface area contributed by atoms with Gasteiger partial charge in [-0.2, -0.15) is 0 Å². The molecule has 0 aliphatic carbocycles. The Morgan fingerprint density at radius 1 is 1.20 bits per heavy atom. The molecule has 0 bridgehead atoms. The Labute approximate surface area is 144 Å². The van der Waals surface area contributed by atoms with E-state index in [-0.39, 0.29) is 30.2 Å². The smallest absolute Gasteiger partial charge is 0.326 e. The number of carbonyl (C=O) groups excluding carboxylic acids is 1. The normalized spacial score (nSPS) is 17.2. The number of aliphatic carboxylic acids is 1. The Morgan fingerprint density at radius 2 is 1.88 bits per heavy atom. The Bertz CT molecular complexity index is 930. The second-order valence-electron chi connectivity index (χ2n) is 6.10. The number of carbonyl (C=O) groups is 2. The molecule has 0 saturated heterocycles. The van der Waals surface area contributed by atoms with Gasteiger partial charge >= 0.3 is 5.97 Å².